The number of aryl methyl sites for hydroxylation is 1. The summed E-state index contributed by atoms with van der Waals surface area (Å²) >= 11 is 0. The Morgan fingerprint density at radius 1 is 1.05 bits per heavy atom. The molecule has 0 saturated carbocycles. The normalized spacial score (nSPS) is 15.6. The molecule has 0 aliphatic carbocycles. The van der Waals surface area contributed by atoms with Crippen LogP contribution in [-0.2, 0) is 10.8 Å². The van der Waals surface area contributed by atoms with Gasteiger partial charge in [-0.25, -0.2) is 0 Å². The molecule has 0 amide bonds. The second-order valence-electron chi connectivity index (χ2n) is 4.95. The molecule has 0 fully saturated rings. The van der Waals surface area contributed by atoms with Crippen molar-refractivity contribution in [2.45, 2.75) is 36.5 Å². The smallest absolute Gasteiger partial charge is 0.0584 e. The number of nitrogens with two attached hydrogens (primary N) is 1. The highest BCUT2D eigenvalue weighted by molar-refractivity contribution is 7.85. The first-order chi connectivity index (χ1) is 9.65. The number of rotatable bonds is 5. The number of benzene rings is 2. The van der Waals surface area contributed by atoms with Crippen molar-refractivity contribution < 1.29 is 4.21 Å². The Morgan fingerprint density at radius 3 is 2.25 bits per heavy atom. The summed E-state index contributed by atoms with van der Waals surface area (Å²) < 4.78 is 12.8. The van der Waals surface area contributed by atoms with Crippen molar-refractivity contribution in [1.29, 1.82) is 0 Å². The average Bonchev–Trinajstić information content (AvgIpc) is 2.49. The first kappa shape index (κ1) is 14.9. The highest BCUT2D eigenvalue weighted by Gasteiger charge is 2.25. The van der Waals surface area contributed by atoms with Crippen molar-refractivity contribution in [1.82, 2.24) is 0 Å². The molecule has 0 aromatic heterocycles. The molecule has 2 aromatic rings. The van der Waals surface area contributed by atoms with E-state index in [1.807, 2.05) is 68.4 Å². The van der Waals surface area contributed by atoms with Gasteiger partial charge in [0.2, 0.25) is 0 Å². The molecule has 0 spiro atoms. The fourth-order valence-corrected chi connectivity index (χ4v) is 4.02. The minimum atomic E-state index is -1.09. The second kappa shape index (κ2) is 6.82. The standard InChI is InChI=1S/C17H21NOS/c1-3-15(17(18)14-10-5-4-6-11-14)20(19)16-12-8-7-9-13(16)2/h4-12,15,17H,3,18H2,1-2H3. The van der Waals surface area contributed by atoms with Gasteiger partial charge < -0.3 is 5.73 Å². The van der Waals surface area contributed by atoms with E-state index < -0.39 is 10.8 Å². The van der Waals surface area contributed by atoms with Crippen LogP contribution >= 0.6 is 0 Å². The molecule has 0 saturated heterocycles. The van der Waals surface area contributed by atoms with E-state index >= 15 is 0 Å². The Hall–Kier alpha value is -1.45. The summed E-state index contributed by atoms with van der Waals surface area (Å²) in [5, 5.41) is -0.0708. The zero-order chi connectivity index (χ0) is 14.5. The van der Waals surface area contributed by atoms with Gasteiger partial charge in [-0.3, -0.25) is 4.21 Å². The van der Waals surface area contributed by atoms with Crippen molar-refractivity contribution in [3.05, 3.63) is 65.7 Å². The number of hydrogen-bond acceptors (Lipinski definition) is 2. The summed E-state index contributed by atoms with van der Waals surface area (Å²) in [6, 6.07) is 17.5. The zero-order valence-electron chi connectivity index (χ0n) is 12.0. The SMILES string of the molecule is CCC(C(N)c1ccccc1)S(=O)c1ccccc1C. The van der Waals surface area contributed by atoms with Crippen LogP contribution in [0.15, 0.2) is 59.5 Å². The van der Waals surface area contributed by atoms with Gasteiger partial charge in [0.05, 0.1) is 16.0 Å². The average molecular weight is 287 g/mol. The molecule has 0 aliphatic heterocycles. The molecule has 106 valence electrons. The van der Waals surface area contributed by atoms with Crippen molar-refractivity contribution in [2.24, 2.45) is 5.73 Å². The largest absolute Gasteiger partial charge is 0.323 e. The molecule has 0 bridgehead atoms. The molecule has 2 rings (SSSR count). The van der Waals surface area contributed by atoms with Gasteiger partial charge >= 0.3 is 0 Å². The number of hydrogen-bond donors (Lipinski definition) is 1. The predicted molar refractivity (Wildman–Crippen MR) is 85.0 cm³/mol. The molecule has 2 aromatic carbocycles. The van der Waals surface area contributed by atoms with E-state index in [4.69, 9.17) is 5.73 Å². The van der Waals surface area contributed by atoms with Crippen molar-refractivity contribution in [3.63, 3.8) is 0 Å². The van der Waals surface area contributed by atoms with Gasteiger partial charge in [0.1, 0.15) is 0 Å². The van der Waals surface area contributed by atoms with Crippen LogP contribution in [0.4, 0.5) is 0 Å². The Morgan fingerprint density at radius 2 is 1.65 bits per heavy atom. The molecule has 0 heterocycles. The molecule has 2 nitrogen and oxygen atoms in total. The van der Waals surface area contributed by atoms with E-state index in [0.717, 1.165) is 22.4 Å². The third-order valence-corrected chi connectivity index (χ3v) is 5.64. The van der Waals surface area contributed by atoms with Crippen LogP contribution in [0.2, 0.25) is 0 Å². The van der Waals surface area contributed by atoms with Crippen LogP contribution in [0.25, 0.3) is 0 Å². The minimum Gasteiger partial charge on any atom is -0.323 e. The van der Waals surface area contributed by atoms with Gasteiger partial charge in [-0.05, 0) is 30.5 Å². The fourth-order valence-electron chi connectivity index (χ4n) is 2.37. The van der Waals surface area contributed by atoms with E-state index in [2.05, 4.69) is 0 Å². The lowest BCUT2D eigenvalue weighted by atomic mass is 10.0. The van der Waals surface area contributed by atoms with Crippen molar-refractivity contribution in [3.8, 4) is 0 Å². The maximum atomic E-state index is 12.8. The molecular weight excluding hydrogens is 266 g/mol. The third kappa shape index (κ3) is 3.17. The molecule has 3 unspecified atom stereocenters. The highest BCUT2D eigenvalue weighted by Crippen LogP contribution is 2.26. The van der Waals surface area contributed by atoms with Gasteiger partial charge in [-0.15, -0.1) is 0 Å². The van der Waals surface area contributed by atoms with Crippen LogP contribution < -0.4 is 5.73 Å². The van der Waals surface area contributed by atoms with Crippen LogP contribution in [0, 0.1) is 6.92 Å². The minimum absolute atomic E-state index is 0.0708. The van der Waals surface area contributed by atoms with Crippen molar-refractivity contribution >= 4 is 10.8 Å². The first-order valence-electron chi connectivity index (χ1n) is 6.92. The van der Waals surface area contributed by atoms with Crippen LogP contribution in [0.5, 0.6) is 0 Å². The van der Waals surface area contributed by atoms with E-state index in [1.54, 1.807) is 0 Å². The molecule has 3 atom stereocenters. The van der Waals surface area contributed by atoms with Crippen LogP contribution in [0.1, 0.15) is 30.5 Å². The lowest BCUT2D eigenvalue weighted by molar-refractivity contribution is 0.611. The Labute approximate surface area is 123 Å². The summed E-state index contributed by atoms with van der Waals surface area (Å²) in [7, 11) is -1.09. The zero-order valence-corrected chi connectivity index (χ0v) is 12.8. The van der Waals surface area contributed by atoms with Crippen LogP contribution in [0.3, 0.4) is 0 Å². The summed E-state index contributed by atoms with van der Waals surface area (Å²) in [4.78, 5) is 0.894. The molecule has 20 heavy (non-hydrogen) atoms. The summed E-state index contributed by atoms with van der Waals surface area (Å²) in [6.45, 7) is 4.04. The molecule has 0 radical (unpaired) electrons. The Kier molecular flexibility index (Phi) is 5.10. The van der Waals surface area contributed by atoms with Crippen molar-refractivity contribution in [2.75, 3.05) is 0 Å². The third-order valence-electron chi connectivity index (χ3n) is 3.57. The predicted octanol–water partition coefficient (Wildman–Crippen LogP) is 3.58. The Bertz CT molecular complexity index is 583. The second-order valence-corrected chi connectivity index (χ2v) is 6.59. The monoisotopic (exact) mass is 287 g/mol. The highest BCUT2D eigenvalue weighted by atomic mass is 32.2. The first-order valence-corrected chi connectivity index (χ1v) is 8.13. The van der Waals surface area contributed by atoms with Gasteiger partial charge in [-0.2, -0.15) is 0 Å². The van der Waals surface area contributed by atoms with E-state index in [9.17, 15) is 4.21 Å². The van der Waals surface area contributed by atoms with Gasteiger partial charge in [0.15, 0.2) is 0 Å². The fraction of sp³-hybridized carbons (Fsp3) is 0.294. The Balaban J connectivity index is 2.29. The molecule has 3 heteroatoms. The van der Waals surface area contributed by atoms with Gasteiger partial charge in [-0.1, -0.05) is 55.5 Å². The summed E-state index contributed by atoms with van der Waals surface area (Å²) in [6.07, 6.45) is 0.789. The van der Waals surface area contributed by atoms with Crippen LogP contribution in [-0.4, -0.2) is 9.46 Å². The lowest BCUT2D eigenvalue weighted by Crippen LogP contribution is -2.30. The van der Waals surface area contributed by atoms with E-state index in [-0.39, 0.29) is 11.3 Å². The maximum Gasteiger partial charge on any atom is 0.0584 e. The molecule has 2 N–H and O–H groups in total. The maximum absolute atomic E-state index is 12.8. The quantitative estimate of drug-likeness (QED) is 0.913. The summed E-state index contributed by atoms with van der Waals surface area (Å²) in [5.74, 6) is 0. The molecular formula is C17H21NOS. The summed E-state index contributed by atoms with van der Waals surface area (Å²) in [5.41, 5.74) is 8.45. The van der Waals surface area contributed by atoms with E-state index in [1.165, 1.54) is 0 Å². The molecule has 0 aliphatic rings. The van der Waals surface area contributed by atoms with E-state index in [0.29, 0.717) is 0 Å². The topological polar surface area (TPSA) is 43.1 Å². The van der Waals surface area contributed by atoms with Gasteiger partial charge in [0, 0.05) is 10.9 Å². The van der Waals surface area contributed by atoms with Gasteiger partial charge in [0.25, 0.3) is 0 Å². The lowest BCUT2D eigenvalue weighted by Gasteiger charge is -2.23.